The van der Waals surface area contributed by atoms with Crippen LogP contribution < -0.4 is 10.6 Å². The number of guanidine groups is 1. The third kappa shape index (κ3) is 9.93. The zero-order chi connectivity index (χ0) is 18.7. The number of rotatable bonds is 9. The Morgan fingerprint density at radius 3 is 2.64 bits per heavy atom. The number of hydrogen-bond donors (Lipinski definition) is 2. The normalized spacial score (nSPS) is 13.6. The number of hydrogen-bond acceptors (Lipinski definition) is 3. The molecular weight excluding hydrogens is 335 g/mol. The van der Waals surface area contributed by atoms with Gasteiger partial charge in [0.05, 0.1) is 19.8 Å². The summed E-state index contributed by atoms with van der Waals surface area (Å²) in [5, 5.41) is 6.36. The summed E-state index contributed by atoms with van der Waals surface area (Å²) in [7, 11) is 1.63. The van der Waals surface area contributed by atoms with E-state index in [1.807, 2.05) is 19.9 Å². The average molecular weight is 361 g/mol. The zero-order valence-electron chi connectivity index (χ0n) is 14.8. The van der Waals surface area contributed by atoms with Crippen molar-refractivity contribution < 1.29 is 22.6 Å². The molecule has 5 nitrogen and oxygen atoms in total. The Morgan fingerprint density at radius 1 is 1.28 bits per heavy atom. The molecule has 0 aliphatic rings. The van der Waals surface area contributed by atoms with Crippen LogP contribution in [0.4, 0.5) is 13.2 Å². The second-order valence-corrected chi connectivity index (χ2v) is 5.62. The molecule has 0 saturated heterocycles. The van der Waals surface area contributed by atoms with Gasteiger partial charge in [0.15, 0.2) is 5.96 Å². The molecule has 0 aliphatic heterocycles. The highest BCUT2D eigenvalue weighted by Gasteiger charge is 2.27. The van der Waals surface area contributed by atoms with E-state index in [4.69, 9.17) is 4.74 Å². The van der Waals surface area contributed by atoms with Crippen molar-refractivity contribution in [1.29, 1.82) is 0 Å². The van der Waals surface area contributed by atoms with Crippen molar-refractivity contribution in [2.75, 3.05) is 26.9 Å². The number of nitrogens with zero attached hydrogens (tertiary/aromatic N) is 1. The molecule has 0 spiro atoms. The van der Waals surface area contributed by atoms with Crippen molar-refractivity contribution in [3.63, 3.8) is 0 Å². The van der Waals surface area contributed by atoms with Crippen molar-refractivity contribution in [2.45, 2.75) is 39.2 Å². The molecule has 1 aromatic carbocycles. The van der Waals surface area contributed by atoms with E-state index in [1.165, 1.54) is 0 Å². The molecule has 0 fully saturated rings. The van der Waals surface area contributed by atoms with E-state index >= 15 is 0 Å². The molecule has 1 atom stereocenters. The lowest BCUT2D eigenvalue weighted by Crippen LogP contribution is -2.43. The molecule has 0 aliphatic carbocycles. The van der Waals surface area contributed by atoms with Crippen LogP contribution in [0.3, 0.4) is 0 Å². The third-order valence-corrected chi connectivity index (χ3v) is 3.09. The van der Waals surface area contributed by atoms with Gasteiger partial charge in [-0.05, 0) is 25.0 Å². The number of nitrogens with one attached hydrogen (secondary N) is 2. The third-order valence-electron chi connectivity index (χ3n) is 3.09. The molecule has 0 radical (unpaired) electrons. The van der Waals surface area contributed by atoms with Gasteiger partial charge in [0.1, 0.15) is 6.61 Å². The van der Waals surface area contributed by atoms with E-state index in [-0.39, 0.29) is 12.6 Å². The maximum Gasteiger partial charge on any atom is 0.411 e. The van der Waals surface area contributed by atoms with E-state index in [9.17, 15) is 13.2 Å². The summed E-state index contributed by atoms with van der Waals surface area (Å²) >= 11 is 0. The van der Waals surface area contributed by atoms with Crippen LogP contribution in [0.5, 0.6) is 0 Å². The summed E-state index contributed by atoms with van der Waals surface area (Å²) < 4.78 is 46.1. The van der Waals surface area contributed by atoms with Gasteiger partial charge in [-0.1, -0.05) is 24.3 Å². The van der Waals surface area contributed by atoms with Crippen LogP contribution in [0.2, 0.25) is 0 Å². The van der Waals surface area contributed by atoms with Crippen molar-refractivity contribution in [2.24, 2.45) is 4.99 Å². The Hall–Kier alpha value is -1.80. The van der Waals surface area contributed by atoms with Gasteiger partial charge in [-0.2, -0.15) is 13.2 Å². The van der Waals surface area contributed by atoms with Crippen molar-refractivity contribution in [3.8, 4) is 0 Å². The van der Waals surface area contributed by atoms with Gasteiger partial charge >= 0.3 is 6.18 Å². The average Bonchev–Trinajstić information content (AvgIpc) is 2.52. The number of aliphatic imine (C=N–C) groups is 1. The monoisotopic (exact) mass is 361 g/mol. The van der Waals surface area contributed by atoms with Gasteiger partial charge in [-0.3, -0.25) is 0 Å². The summed E-state index contributed by atoms with van der Waals surface area (Å²) in [6, 6.07) is 7.28. The lowest BCUT2D eigenvalue weighted by molar-refractivity contribution is -0.176. The maximum absolute atomic E-state index is 12.1. The number of methoxy groups -OCH3 is 1. The van der Waals surface area contributed by atoms with Gasteiger partial charge in [-0.25, -0.2) is 4.99 Å². The van der Waals surface area contributed by atoms with Crippen LogP contribution in [0.25, 0.3) is 0 Å². The quantitative estimate of drug-likeness (QED) is 0.525. The first-order valence-electron chi connectivity index (χ1n) is 8.10. The summed E-state index contributed by atoms with van der Waals surface area (Å²) in [6.07, 6.45) is -4.31. The summed E-state index contributed by atoms with van der Waals surface area (Å²) in [4.78, 5) is 4.48. The number of halogens is 3. The predicted octanol–water partition coefficient (Wildman–Crippen LogP) is 2.86. The van der Waals surface area contributed by atoms with Crippen LogP contribution in [0, 0.1) is 0 Å². The highest BCUT2D eigenvalue weighted by Crippen LogP contribution is 2.16. The van der Waals surface area contributed by atoms with Crippen molar-refractivity contribution >= 4 is 5.96 Å². The number of benzene rings is 1. The maximum atomic E-state index is 12.1. The van der Waals surface area contributed by atoms with E-state index in [0.717, 1.165) is 12.1 Å². The van der Waals surface area contributed by atoms with E-state index in [1.54, 1.807) is 25.3 Å². The highest BCUT2D eigenvalue weighted by atomic mass is 19.4. The van der Waals surface area contributed by atoms with Gasteiger partial charge in [0.25, 0.3) is 0 Å². The topological polar surface area (TPSA) is 54.9 Å². The van der Waals surface area contributed by atoms with Gasteiger partial charge in [0, 0.05) is 19.7 Å². The smallest absolute Gasteiger partial charge is 0.383 e. The van der Waals surface area contributed by atoms with Crippen LogP contribution in [-0.4, -0.2) is 45.0 Å². The molecule has 0 heterocycles. The molecule has 2 N–H and O–H groups in total. The van der Waals surface area contributed by atoms with Crippen LogP contribution in [-0.2, 0) is 22.6 Å². The SMILES string of the molecule is CCNC(=NCc1cccc(COCC(F)(F)F)c1)NC(C)COC. The molecule has 1 unspecified atom stereocenters. The number of ether oxygens (including phenoxy) is 2. The Labute approximate surface area is 146 Å². The Kier molecular flexibility index (Phi) is 9.30. The summed E-state index contributed by atoms with van der Waals surface area (Å²) in [5.74, 6) is 0.658. The van der Waals surface area contributed by atoms with Gasteiger partial charge in [0.2, 0.25) is 0 Å². The van der Waals surface area contributed by atoms with Gasteiger partial charge < -0.3 is 20.1 Å². The van der Waals surface area contributed by atoms with Crippen LogP contribution in [0.1, 0.15) is 25.0 Å². The van der Waals surface area contributed by atoms with E-state index in [2.05, 4.69) is 20.4 Å². The Bertz CT molecular complexity index is 536. The molecule has 1 rings (SSSR count). The second kappa shape index (κ2) is 10.9. The highest BCUT2D eigenvalue weighted by molar-refractivity contribution is 5.80. The molecule has 0 saturated carbocycles. The van der Waals surface area contributed by atoms with Crippen molar-refractivity contribution in [3.05, 3.63) is 35.4 Å². The summed E-state index contributed by atoms with van der Waals surface area (Å²) in [5.41, 5.74) is 1.58. The molecule has 0 aromatic heterocycles. The lowest BCUT2D eigenvalue weighted by Gasteiger charge is -2.17. The zero-order valence-corrected chi connectivity index (χ0v) is 14.8. The Morgan fingerprint density at radius 2 is 2.00 bits per heavy atom. The van der Waals surface area contributed by atoms with Crippen LogP contribution >= 0.6 is 0 Å². The predicted molar refractivity (Wildman–Crippen MR) is 91.4 cm³/mol. The molecule has 1 aromatic rings. The van der Waals surface area contributed by atoms with Gasteiger partial charge in [-0.15, -0.1) is 0 Å². The first-order valence-corrected chi connectivity index (χ1v) is 8.10. The standard InChI is InChI=1S/C17H26F3N3O2/c1-4-21-16(23-13(2)10-24-3)22-9-14-6-5-7-15(8-14)11-25-12-17(18,19)20/h5-8,13H,4,9-12H2,1-3H3,(H2,21,22,23). The minimum atomic E-state index is -4.31. The van der Waals surface area contributed by atoms with Crippen molar-refractivity contribution in [1.82, 2.24) is 10.6 Å². The molecule has 8 heteroatoms. The summed E-state index contributed by atoms with van der Waals surface area (Å²) in [6.45, 7) is 4.29. The minimum Gasteiger partial charge on any atom is -0.383 e. The number of alkyl halides is 3. The lowest BCUT2D eigenvalue weighted by atomic mass is 10.1. The van der Waals surface area contributed by atoms with E-state index in [0.29, 0.717) is 24.7 Å². The second-order valence-electron chi connectivity index (χ2n) is 5.62. The fraction of sp³-hybridized carbons (Fsp3) is 0.588. The molecule has 0 amide bonds. The first-order chi connectivity index (χ1) is 11.8. The molecule has 142 valence electrons. The molecule has 0 bridgehead atoms. The molecule has 25 heavy (non-hydrogen) atoms. The largest absolute Gasteiger partial charge is 0.411 e. The first kappa shape index (κ1) is 21.2. The van der Waals surface area contributed by atoms with E-state index < -0.39 is 12.8 Å². The Balaban J connectivity index is 2.62. The van der Waals surface area contributed by atoms with Crippen LogP contribution in [0.15, 0.2) is 29.3 Å². The fourth-order valence-electron chi connectivity index (χ4n) is 2.12. The minimum absolute atomic E-state index is 0.0831. The fourth-order valence-corrected chi connectivity index (χ4v) is 2.12. The molecular formula is C17H26F3N3O2.